The fourth-order valence-corrected chi connectivity index (χ4v) is 2.36. The molecule has 4 nitrogen and oxygen atoms in total. The van der Waals surface area contributed by atoms with Crippen LogP contribution >= 0.6 is 0 Å². The van der Waals surface area contributed by atoms with Crippen LogP contribution in [0.1, 0.15) is 20.3 Å². The molecule has 1 amide bonds. The predicted octanol–water partition coefficient (Wildman–Crippen LogP) is 1.43. The number of carbonyl (C=O) groups is 1. The average Bonchev–Trinajstić information content (AvgIpc) is 2.28. The number of carbonyl (C=O) groups excluding carboxylic acids is 1. The van der Waals surface area contributed by atoms with Gasteiger partial charge in [-0.3, -0.25) is 9.00 Å². The molecule has 2 unspecified atom stereocenters. The highest BCUT2D eigenvalue weighted by atomic mass is 32.2. The highest BCUT2D eigenvalue weighted by molar-refractivity contribution is 7.86. The van der Waals surface area contributed by atoms with Crippen molar-refractivity contribution in [1.29, 1.82) is 0 Å². The molecule has 0 aliphatic heterocycles. The van der Waals surface area contributed by atoms with E-state index in [1.54, 1.807) is 0 Å². The normalized spacial score (nSPS) is 13.9. The van der Waals surface area contributed by atoms with Crippen molar-refractivity contribution < 1.29 is 13.4 Å². The molecule has 1 rings (SSSR count). The Labute approximate surface area is 108 Å². The second-order valence-electron chi connectivity index (χ2n) is 4.05. The summed E-state index contributed by atoms with van der Waals surface area (Å²) in [5, 5.41) is 2.71. The minimum absolute atomic E-state index is 0.0417. The second kappa shape index (κ2) is 6.49. The summed E-state index contributed by atoms with van der Waals surface area (Å²) in [6.45, 7) is 3.81. The Morgan fingerprint density at radius 1 is 1.56 bits per heavy atom. The zero-order valence-corrected chi connectivity index (χ0v) is 11.2. The molecule has 0 aliphatic carbocycles. The Kier molecular flexibility index (Phi) is 5.27. The Balaban J connectivity index is 2.68. The van der Waals surface area contributed by atoms with Gasteiger partial charge >= 0.3 is 0 Å². The molecule has 1 aromatic carbocycles. The van der Waals surface area contributed by atoms with Gasteiger partial charge in [-0.05, 0) is 31.5 Å². The fourth-order valence-electron chi connectivity index (χ4n) is 1.34. The first kappa shape index (κ1) is 14.6. The molecule has 0 aliphatic rings. The summed E-state index contributed by atoms with van der Waals surface area (Å²) in [6, 6.07) is 3.66. The van der Waals surface area contributed by atoms with Gasteiger partial charge in [0.05, 0.1) is 21.4 Å². The largest absolute Gasteiger partial charge is 0.398 e. The molecule has 0 radical (unpaired) electrons. The van der Waals surface area contributed by atoms with Crippen molar-refractivity contribution in [2.24, 2.45) is 0 Å². The van der Waals surface area contributed by atoms with Crippen LogP contribution in [0, 0.1) is 5.82 Å². The monoisotopic (exact) mass is 272 g/mol. The Morgan fingerprint density at radius 2 is 2.22 bits per heavy atom. The first-order chi connectivity index (χ1) is 8.43. The van der Waals surface area contributed by atoms with Crippen LogP contribution in [0.3, 0.4) is 0 Å². The minimum atomic E-state index is -1.56. The summed E-state index contributed by atoms with van der Waals surface area (Å²) < 4.78 is 24.7. The van der Waals surface area contributed by atoms with E-state index in [4.69, 9.17) is 5.73 Å². The zero-order valence-electron chi connectivity index (χ0n) is 10.4. The SMILES string of the molecule is CCC(C)NC(=O)CS(=O)c1ccc(F)cc1N. The maximum atomic E-state index is 12.8. The molecule has 6 heteroatoms. The minimum Gasteiger partial charge on any atom is -0.398 e. The molecule has 2 atom stereocenters. The smallest absolute Gasteiger partial charge is 0.233 e. The summed E-state index contributed by atoms with van der Waals surface area (Å²) in [5.74, 6) is -0.955. The summed E-state index contributed by atoms with van der Waals surface area (Å²) in [4.78, 5) is 11.8. The first-order valence-corrected chi connectivity index (χ1v) is 6.98. The molecule has 0 saturated carbocycles. The van der Waals surface area contributed by atoms with E-state index in [0.29, 0.717) is 0 Å². The van der Waals surface area contributed by atoms with Crippen LogP contribution in [0.15, 0.2) is 23.1 Å². The molecule has 1 aromatic rings. The highest BCUT2D eigenvalue weighted by Crippen LogP contribution is 2.17. The number of anilines is 1. The fraction of sp³-hybridized carbons (Fsp3) is 0.417. The average molecular weight is 272 g/mol. The maximum absolute atomic E-state index is 12.8. The predicted molar refractivity (Wildman–Crippen MR) is 70.0 cm³/mol. The van der Waals surface area contributed by atoms with Gasteiger partial charge in [-0.2, -0.15) is 0 Å². The summed E-state index contributed by atoms with van der Waals surface area (Å²) in [6.07, 6.45) is 0.803. The lowest BCUT2D eigenvalue weighted by Crippen LogP contribution is -2.35. The molecule has 0 aromatic heterocycles. The molecule has 0 fully saturated rings. The van der Waals surface area contributed by atoms with Crippen LogP contribution in [0.2, 0.25) is 0 Å². The van der Waals surface area contributed by atoms with Gasteiger partial charge in [0.25, 0.3) is 0 Å². The van der Waals surface area contributed by atoms with Gasteiger partial charge in [-0.1, -0.05) is 6.92 Å². The highest BCUT2D eigenvalue weighted by Gasteiger charge is 2.14. The Hall–Kier alpha value is -1.43. The van der Waals surface area contributed by atoms with Crippen LogP contribution < -0.4 is 11.1 Å². The Morgan fingerprint density at radius 3 is 2.78 bits per heavy atom. The lowest BCUT2D eigenvalue weighted by molar-refractivity contribution is -0.119. The number of rotatable bonds is 5. The van der Waals surface area contributed by atoms with E-state index in [1.165, 1.54) is 12.1 Å². The first-order valence-electron chi connectivity index (χ1n) is 5.66. The lowest BCUT2D eigenvalue weighted by Gasteiger charge is -2.11. The van der Waals surface area contributed by atoms with Gasteiger partial charge in [-0.15, -0.1) is 0 Å². The topological polar surface area (TPSA) is 72.2 Å². The third kappa shape index (κ3) is 4.10. The van der Waals surface area contributed by atoms with E-state index in [9.17, 15) is 13.4 Å². The van der Waals surface area contributed by atoms with Crippen molar-refractivity contribution in [2.45, 2.75) is 31.2 Å². The standard InChI is InChI=1S/C12H17FN2O2S/c1-3-8(2)15-12(16)7-18(17)11-5-4-9(13)6-10(11)14/h4-6,8H,3,7,14H2,1-2H3,(H,15,16). The van der Waals surface area contributed by atoms with E-state index in [0.717, 1.165) is 12.5 Å². The lowest BCUT2D eigenvalue weighted by atomic mass is 10.3. The Bertz CT molecular complexity index is 465. The van der Waals surface area contributed by atoms with E-state index >= 15 is 0 Å². The van der Waals surface area contributed by atoms with Crippen LogP contribution in [0.25, 0.3) is 0 Å². The van der Waals surface area contributed by atoms with Gasteiger partial charge in [0.2, 0.25) is 5.91 Å². The molecular formula is C12H17FN2O2S. The quantitative estimate of drug-likeness (QED) is 0.796. The molecule has 0 heterocycles. The third-order valence-electron chi connectivity index (χ3n) is 2.50. The van der Waals surface area contributed by atoms with Crippen molar-refractivity contribution in [1.82, 2.24) is 5.32 Å². The van der Waals surface area contributed by atoms with Crippen molar-refractivity contribution in [3.05, 3.63) is 24.0 Å². The summed E-state index contributed by atoms with van der Waals surface area (Å²) in [5.41, 5.74) is 5.66. The number of hydrogen-bond donors (Lipinski definition) is 2. The molecule has 18 heavy (non-hydrogen) atoms. The maximum Gasteiger partial charge on any atom is 0.233 e. The van der Waals surface area contributed by atoms with Gasteiger partial charge in [0.1, 0.15) is 11.6 Å². The molecular weight excluding hydrogens is 255 g/mol. The van der Waals surface area contributed by atoms with Crippen LogP contribution in [0.4, 0.5) is 10.1 Å². The van der Waals surface area contributed by atoms with Crippen LogP contribution in [0.5, 0.6) is 0 Å². The van der Waals surface area contributed by atoms with Crippen molar-refractivity contribution >= 4 is 22.4 Å². The van der Waals surface area contributed by atoms with Crippen LogP contribution in [-0.2, 0) is 15.6 Å². The second-order valence-corrected chi connectivity index (χ2v) is 5.47. The number of hydrogen-bond acceptors (Lipinski definition) is 3. The van der Waals surface area contributed by atoms with Gasteiger partial charge in [0.15, 0.2) is 0 Å². The van der Waals surface area contributed by atoms with E-state index in [-0.39, 0.29) is 28.3 Å². The van der Waals surface area contributed by atoms with Gasteiger partial charge in [-0.25, -0.2) is 4.39 Å². The third-order valence-corrected chi connectivity index (χ3v) is 3.89. The van der Waals surface area contributed by atoms with Crippen molar-refractivity contribution in [3.63, 3.8) is 0 Å². The number of nitrogen functional groups attached to an aromatic ring is 1. The number of nitrogens with two attached hydrogens (primary N) is 1. The molecule has 100 valence electrons. The zero-order chi connectivity index (χ0) is 13.7. The number of amides is 1. The van der Waals surface area contributed by atoms with Gasteiger partial charge < -0.3 is 11.1 Å². The number of halogens is 1. The summed E-state index contributed by atoms with van der Waals surface area (Å²) >= 11 is 0. The van der Waals surface area contributed by atoms with Crippen molar-refractivity contribution in [3.8, 4) is 0 Å². The van der Waals surface area contributed by atoms with Crippen LogP contribution in [-0.4, -0.2) is 21.9 Å². The molecule has 3 N–H and O–H groups in total. The number of benzene rings is 1. The molecule has 0 spiro atoms. The van der Waals surface area contributed by atoms with Crippen molar-refractivity contribution in [2.75, 3.05) is 11.5 Å². The summed E-state index contributed by atoms with van der Waals surface area (Å²) in [7, 11) is -1.56. The van der Waals surface area contributed by atoms with E-state index in [2.05, 4.69) is 5.32 Å². The van der Waals surface area contributed by atoms with Gasteiger partial charge in [0, 0.05) is 6.04 Å². The number of nitrogens with one attached hydrogen (secondary N) is 1. The molecule has 0 saturated heterocycles. The van der Waals surface area contributed by atoms with E-state index < -0.39 is 16.6 Å². The van der Waals surface area contributed by atoms with E-state index in [1.807, 2.05) is 13.8 Å². The molecule has 0 bridgehead atoms.